The normalized spacial score (nSPS) is 23.3. The standard InChI is InChI=1S/C18H33N2O2/c1-11(2)10-14(19)16(22)20-12(3)15(21)13-8-9-17(4,5)18(13,6)7/h11-12,14H,8-10,19H2,1-7H3,(H,20,22)/t12-,14+/m1/s1. The van der Waals surface area contributed by atoms with E-state index in [1.807, 2.05) is 13.8 Å². The Morgan fingerprint density at radius 3 is 2.14 bits per heavy atom. The zero-order valence-corrected chi connectivity index (χ0v) is 15.2. The van der Waals surface area contributed by atoms with E-state index < -0.39 is 12.1 Å². The molecule has 0 unspecified atom stereocenters. The monoisotopic (exact) mass is 309 g/mol. The van der Waals surface area contributed by atoms with Crippen molar-refractivity contribution in [1.29, 1.82) is 0 Å². The molecule has 0 aromatic heterocycles. The second kappa shape index (κ2) is 6.69. The fourth-order valence-corrected chi connectivity index (χ4v) is 3.16. The lowest BCUT2D eigenvalue weighted by Gasteiger charge is -2.39. The van der Waals surface area contributed by atoms with Crippen LogP contribution in [0.4, 0.5) is 0 Å². The molecule has 127 valence electrons. The molecular weight excluding hydrogens is 276 g/mol. The molecule has 4 heteroatoms. The minimum Gasteiger partial charge on any atom is -0.345 e. The van der Waals surface area contributed by atoms with Crippen LogP contribution in [-0.4, -0.2) is 23.8 Å². The molecular formula is C18H33N2O2. The molecule has 1 amide bonds. The molecule has 1 radical (unpaired) electrons. The van der Waals surface area contributed by atoms with Crippen molar-refractivity contribution in [3.05, 3.63) is 5.92 Å². The molecule has 2 atom stereocenters. The van der Waals surface area contributed by atoms with Crippen molar-refractivity contribution in [3.8, 4) is 0 Å². The molecule has 1 aliphatic carbocycles. The summed E-state index contributed by atoms with van der Waals surface area (Å²) in [5.41, 5.74) is 5.86. The van der Waals surface area contributed by atoms with Crippen LogP contribution in [0.3, 0.4) is 0 Å². The first-order chi connectivity index (χ1) is 9.90. The van der Waals surface area contributed by atoms with Gasteiger partial charge in [-0.1, -0.05) is 41.5 Å². The number of carbonyl (C=O) groups is 2. The fraction of sp³-hybridized carbons (Fsp3) is 0.833. The lowest BCUT2D eigenvalue weighted by molar-refractivity contribution is -0.128. The predicted octanol–water partition coefficient (Wildman–Crippen LogP) is 2.85. The number of amides is 1. The minimum absolute atomic E-state index is 0.0562. The van der Waals surface area contributed by atoms with Gasteiger partial charge >= 0.3 is 0 Å². The van der Waals surface area contributed by atoms with E-state index in [1.54, 1.807) is 6.92 Å². The van der Waals surface area contributed by atoms with Crippen molar-refractivity contribution in [2.75, 3.05) is 0 Å². The number of Topliss-reactive ketones (excluding diaryl/α,β-unsaturated/α-hetero) is 1. The molecule has 0 spiro atoms. The van der Waals surface area contributed by atoms with Gasteiger partial charge in [-0.25, -0.2) is 0 Å². The lowest BCUT2D eigenvalue weighted by atomic mass is 9.65. The van der Waals surface area contributed by atoms with Crippen LogP contribution in [0, 0.1) is 22.7 Å². The minimum atomic E-state index is -0.548. The molecule has 4 nitrogen and oxygen atoms in total. The summed E-state index contributed by atoms with van der Waals surface area (Å²) in [5, 5.41) is 2.79. The van der Waals surface area contributed by atoms with Crippen molar-refractivity contribution in [2.24, 2.45) is 22.5 Å². The number of nitrogens with two attached hydrogens (primary N) is 1. The van der Waals surface area contributed by atoms with Gasteiger partial charge in [-0.05, 0) is 42.9 Å². The average Bonchev–Trinajstić information content (AvgIpc) is 2.57. The van der Waals surface area contributed by atoms with Crippen LogP contribution in [0.5, 0.6) is 0 Å². The summed E-state index contributed by atoms with van der Waals surface area (Å²) in [4.78, 5) is 24.8. The van der Waals surface area contributed by atoms with Gasteiger partial charge < -0.3 is 11.1 Å². The third-order valence-corrected chi connectivity index (χ3v) is 5.56. The van der Waals surface area contributed by atoms with E-state index in [2.05, 4.69) is 33.0 Å². The van der Waals surface area contributed by atoms with Gasteiger partial charge in [-0.15, -0.1) is 0 Å². The van der Waals surface area contributed by atoms with Crippen molar-refractivity contribution < 1.29 is 9.59 Å². The smallest absolute Gasteiger partial charge is 0.237 e. The maximum atomic E-state index is 12.7. The second-order valence-electron chi connectivity index (χ2n) is 8.32. The summed E-state index contributed by atoms with van der Waals surface area (Å²) in [7, 11) is 0. The van der Waals surface area contributed by atoms with Crippen LogP contribution in [0.2, 0.25) is 0 Å². The Bertz CT molecular complexity index is 427. The van der Waals surface area contributed by atoms with Gasteiger partial charge in [0.1, 0.15) is 0 Å². The molecule has 0 aromatic carbocycles. The fourth-order valence-electron chi connectivity index (χ4n) is 3.16. The topological polar surface area (TPSA) is 72.2 Å². The summed E-state index contributed by atoms with van der Waals surface area (Å²) < 4.78 is 0. The first kappa shape index (κ1) is 19.1. The molecule has 0 aromatic rings. The van der Waals surface area contributed by atoms with E-state index in [9.17, 15) is 9.59 Å². The quantitative estimate of drug-likeness (QED) is 0.792. The zero-order chi connectivity index (χ0) is 17.3. The van der Waals surface area contributed by atoms with E-state index in [4.69, 9.17) is 5.73 Å². The predicted molar refractivity (Wildman–Crippen MR) is 90.1 cm³/mol. The highest BCUT2D eigenvalue weighted by atomic mass is 16.2. The summed E-state index contributed by atoms with van der Waals surface area (Å²) in [6, 6.07) is -1.05. The Kier molecular flexibility index (Phi) is 5.82. The van der Waals surface area contributed by atoms with Crippen molar-refractivity contribution in [2.45, 2.75) is 79.8 Å². The molecule has 1 saturated carbocycles. The van der Waals surface area contributed by atoms with E-state index in [1.165, 1.54) is 0 Å². The molecule has 22 heavy (non-hydrogen) atoms. The van der Waals surface area contributed by atoms with Crippen molar-refractivity contribution in [1.82, 2.24) is 5.32 Å². The van der Waals surface area contributed by atoms with Gasteiger partial charge in [0.2, 0.25) is 5.91 Å². The van der Waals surface area contributed by atoms with Crippen LogP contribution in [0.1, 0.15) is 67.7 Å². The largest absolute Gasteiger partial charge is 0.345 e. The van der Waals surface area contributed by atoms with Crippen LogP contribution < -0.4 is 11.1 Å². The molecule has 1 fully saturated rings. The molecule has 1 aliphatic rings. The molecule has 0 saturated heterocycles. The van der Waals surface area contributed by atoms with Crippen molar-refractivity contribution >= 4 is 11.7 Å². The summed E-state index contributed by atoms with van der Waals surface area (Å²) in [6.07, 6.45) is 2.45. The maximum Gasteiger partial charge on any atom is 0.237 e. The van der Waals surface area contributed by atoms with Crippen LogP contribution in [0.15, 0.2) is 0 Å². The van der Waals surface area contributed by atoms with E-state index in [0.29, 0.717) is 12.3 Å². The van der Waals surface area contributed by atoms with Gasteiger partial charge in [0.25, 0.3) is 0 Å². The lowest BCUT2D eigenvalue weighted by Crippen LogP contribution is -2.50. The zero-order valence-electron chi connectivity index (χ0n) is 15.2. The van der Waals surface area contributed by atoms with E-state index in [0.717, 1.165) is 18.8 Å². The number of hydrogen-bond acceptors (Lipinski definition) is 3. The first-order valence-electron chi connectivity index (χ1n) is 8.36. The van der Waals surface area contributed by atoms with Gasteiger partial charge in [0.15, 0.2) is 5.78 Å². The van der Waals surface area contributed by atoms with Gasteiger partial charge in [-0.3, -0.25) is 9.59 Å². The van der Waals surface area contributed by atoms with Crippen LogP contribution in [0.25, 0.3) is 0 Å². The summed E-state index contributed by atoms with van der Waals surface area (Å²) >= 11 is 0. The molecule has 3 N–H and O–H groups in total. The van der Waals surface area contributed by atoms with Crippen LogP contribution >= 0.6 is 0 Å². The Hall–Kier alpha value is -0.900. The highest BCUT2D eigenvalue weighted by molar-refractivity contribution is 6.00. The number of carbonyl (C=O) groups excluding carboxylic acids is 2. The average molecular weight is 309 g/mol. The Balaban J connectivity index is 2.69. The summed E-state index contributed by atoms with van der Waals surface area (Å²) in [6.45, 7) is 14.5. The molecule has 0 heterocycles. The van der Waals surface area contributed by atoms with E-state index >= 15 is 0 Å². The Morgan fingerprint density at radius 1 is 1.18 bits per heavy atom. The molecule has 0 aliphatic heterocycles. The maximum absolute atomic E-state index is 12.7. The van der Waals surface area contributed by atoms with Gasteiger partial charge in [0, 0.05) is 5.92 Å². The highest BCUT2D eigenvalue weighted by Gasteiger charge is 2.52. The third kappa shape index (κ3) is 3.89. The number of rotatable bonds is 6. The molecule has 0 bridgehead atoms. The number of nitrogens with one attached hydrogen (secondary N) is 1. The highest BCUT2D eigenvalue weighted by Crippen LogP contribution is 2.57. The Labute approximate surface area is 135 Å². The SMILES string of the molecule is CC(C)C[C@H](N)C(=O)N[C@H](C)C(=O)[C]1CCC(C)(C)C1(C)C. The van der Waals surface area contributed by atoms with Gasteiger partial charge in [0.05, 0.1) is 12.1 Å². The first-order valence-corrected chi connectivity index (χ1v) is 8.36. The third-order valence-electron chi connectivity index (χ3n) is 5.56. The van der Waals surface area contributed by atoms with Gasteiger partial charge in [-0.2, -0.15) is 0 Å². The number of ketones is 1. The molecule has 1 rings (SSSR count). The second-order valence-corrected chi connectivity index (χ2v) is 8.32. The number of hydrogen-bond donors (Lipinski definition) is 2. The Morgan fingerprint density at radius 2 is 1.73 bits per heavy atom. The van der Waals surface area contributed by atoms with Crippen molar-refractivity contribution in [3.63, 3.8) is 0 Å². The van der Waals surface area contributed by atoms with E-state index in [-0.39, 0.29) is 22.5 Å². The summed E-state index contributed by atoms with van der Waals surface area (Å²) in [5.74, 6) is 1.13. The van der Waals surface area contributed by atoms with Crippen LogP contribution in [-0.2, 0) is 9.59 Å².